The lowest BCUT2D eigenvalue weighted by Crippen LogP contribution is -2.00. The normalized spacial score (nSPS) is 10.2. The van der Waals surface area contributed by atoms with Crippen molar-refractivity contribution in [3.05, 3.63) is 24.4 Å². The standard InChI is InChI=1S/C8H5NO3S/c10-8(11)12-6-4-5-2-1-3-9-7(5)13-6/h1-4H,(H,10,11). The summed E-state index contributed by atoms with van der Waals surface area (Å²) in [6, 6.07) is 5.30. The van der Waals surface area contributed by atoms with Crippen LogP contribution in [0.2, 0.25) is 0 Å². The monoisotopic (exact) mass is 195 g/mol. The lowest BCUT2D eigenvalue weighted by molar-refractivity contribution is 0.146. The summed E-state index contributed by atoms with van der Waals surface area (Å²) in [7, 11) is 0. The van der Waals surface area contributed by atoms with Crippen molar-refractivity contribution in [1.29, 1.82) is 0 Å². The van der Waals surface area contributed by atoms with Crippen LogP contribution < -0.4 is 4.74 Å². The van der Waals surface area contributed by atoms with E-state index >= 15 is 0 Å². The number of rotatable bonds is 1. The number of thiophene rings is 1. The Labute approximate surface area is 77.4 Å². The highest BCUT2D eigenvalue weighted by molar-refractivity contribution is 7.20. The first kappa shape index (κ1) is 8.00. The first-order valence-corrected chi connectivity index (χ1v) is 4.33. The number of nitrogens with zero attached hydrogens (tertiary/aromatic N) is 1. The molecule has 0 bridgehead atoms. The third kappa shape index (κ3) is 1.59. The minimum atomic E-state index is -1.30. The second kappa shape index (κ2) is 3.02. The second-order valence-electron chi connectivity index (χ2n) is 2.33. The number of carboxylic acid groups (broad SMARTS) is 1. The van der Waals surface area contributed by atoms with Gasteiger partial charge >= 0.3 is 6.16 Å². The van der Waals surface area contributed by atoms with Gasteiger partial charge in [-0.25, -0.2) is 9.78 Å². The molecule has 5 heteroatoms. The zero-order valence-electron chi connectivity index (χ0n) is 6.43. The van der Waals surface area contributed by atoms with Crippen molar-refractivity contribution in [2.24, 2.45) is 0 Å². The lowest BCUT2D eigenvalue weighted by Gasteiger charge is -1.89. The van der Waals surface area contributed by atoms with Gasteiger partial charge in [0.05, 0.1) is 0 Å². The predicted molar refractivity (Wildman–Crippen MR) is 48.3 cm³/mol. The fourth-order valence-corrected chi connectivity index (χ4v) is 1.83. The summed E-state index contributed by atoms with van der Waals surface area (Å²) in [5.74, 6) is 0. The summed E-state index contributed by atoms with van der Waals surface area (Å²) in [5, 5.41) is 9.60. The van der Waals surface area contributed by atoms with Gasteiger partial charge in [-0.2, -0.15) is 0 Å². The Kier molecular flexibility index (Phi) is 1.86. The molecule has 0 aliphatic heterocycles. The van der Waals surface area contributed by atoms with Crippen molar-refractivity contribution in [2.45, 2.75) is 0 Å². The average molecular weight is 195 g/mol. The molecule has 13 heavy (non-hydrogen) atoms. The zero-order valence-corrected chi connectivity index (χ0v) is 7.25. The Bertz CT molecular complexity index is 418. The van der Waals surface area contributed by atoms with Crippen LogP contribution in [0.5, 0.6) is 5.06 Å². The molecule has 0 fully saturated rings. The maximum atomic E-state index is 10.2. The summed E-state index contributed by atoms with van der Waals surface area (Å²) in [4.78, 5) is 15.0. The van der Waals surface area contributed by atoms with Crippen LogP contribution in [-0.4, -0.2) is 16.2 Å². The number of hydrogen-bond acceptors (Lipinski definition) is 4. The molecule has 1 N–H and O–H groups in total. The van der Waals surface area contributed by atoms with Gasteiger partial charge in [0, 0.05) is 17.6 Å². The van der Waals surface area contributed by atoms with Crippen molar-refractivity contribution >= 4 is 27.7 Å². The number of fused-ring (bicyclic) bond motifs is 1. The second-order valence-corrected chi connectivity index (χ2v) is 3.32. The molecule has 0 aliphatic carbocycles. The van der Waals surface area contributed by atoms with Crippen LogP contribution in [0.4, 0.5) is 4.79 Å². The van der Waals surface area contributed by atoms with Gasteiger partial charge in [-0.05, 0) is 6.07 Å². The molecule has 2 aromatic heterocycles. The SMILES string of the molecule is O=C(O)Oc1cc2cccnc2s1. The Hall–Kier alpha value is -1.62. The van der Waals surface area contributed by atoms with Crippen LogP contribution in [0.15, 0.2) is 24.4 Å². The van der Waals surface area contributed by atoms with Gasteiger partial charge in [-0.1, -0.05) is 17.4 Å². The van der Waals surface area contributed by atoms with Crippen LogP contribution in [-0.2, 0) is 0 Å². The van der Waals surface area contributed by atoms with E-state index < -0.39 is 6.16 Å². The van der Waals surface area contributed by atoms with Crippen molar-refractivity contribution < 1.29 is 14.6 Å². The van der Waals surface area contributed by atoms with Gasteiger partial charge in [0.25, 0.3) is 0 Å². The maximum Gasteiger partial charge on any atom is 0.512 e. The van der Waals surface area contributed by atoms with Gasteiger partial charge in [-0.3, -0.25) is 0 Å². The summed E-state index contributed by atoms with van der Waals surface area (Å²) < 4.78 is 4.49. The zero-order chi connectivity index (χ0) is 9.26. The predicted octanol–water partition coefficient (Wildman–Crippen LogP) is 2.35. The summed E-state index contributed by atoms with van der Waals surface area (Å²) in [6.45, 7) is 0. The van der Waals surface area contributed by atoms with Crippen LogP contribution in [0, 0.1) is 0 Å². The summed E-state index contributed by atoms with van der Waals surface area (Å²) in [5.41, 5.74) is 0. The number of hydrogen-bond donors (Lipinski definition) is 1. The van der Waals surface area contributed by atoms with Crippen LogP contribution in [0.1, 0.15) is 0 Å². The van der Waals surface area contributed by atoms with E-state index in [9.17, 15) is 4.79 Å². The Morgan fingerprint density at radius 1 is 1.62 bits per heavy atom. The molecule has 0 spiro atoms. The number of pyridine rings is 1. The summed E-state index contributed by atoms with van der Waals surface area (Å²) >= 11 is 1.21. The molecule has 0 saturated heterocycles. The molecule has 4 nitrogen and oxygen atoms in total. The van der Waals surface area contributed by atoms with Crippen molar-refractivity contribution in [2.75, 3.05) is 0 Å². The Morgan fingerprint density at radius 3 is 3.15 bits per heavy atom. The van der Waals surface area contributed by atoms with Crippen molar-refractivity contribution in [3.63, 3.8) is 0 Å². The van der Waals surface area contributed by atoms with Crippen LogP contribution in [0.3, 0.4) is 0 Å². The van der Waals surface area contributed by atoms with E-state index in [0.29, 0.717) is 5.06 Å². The van der Waals surface area contributed by atoms with Gasteiger partial charge in [0.2, 0.25) is 0 Å². The molecule has 0 radical (unpaired) electrons. The summed E-state index contributed by atoms with van der Waals surface area (Å²) in [6.07, 6.45) is 0.357. The molecule has 0 amide bonds. The molecule has 0 aromatic carbocycles. The number of aromatic nitrogens is 1. The highest BCUT2D eigenvalue weighted by Crippen LogP contribution is 2.29. The molecule has 0 aliphatic rings. The molecule has 2 aromatic rings. The molecule has 0 saturated carbocycles. The number of ether oxygens (including phenoxy) is 1. The highest BCUT2D eigenvalue weighted by atomic mass is 32.1. The van der Waals surface area contributed by atoms with E-state index in [1.54, 1.807) is 18.3 Å². The maximum absolute atomic E-state index is 10.2. The largest absolute Gasteiger partial charge is 0.512 e. The molecule has 2 heterocycles. The molecule has 66 valence electrons. The minimum absolute atomic E-state index is 0.348. The van der Waals surface area contributed by atoms with E-state index in [2.05, 4.69) is 9.72 Å². The first-order valence-electron chi connectivity index (χ1n) is 3.51. The third-order valence-electron chi connectivity index (χ3n) is 1.46. The Morgan fingerprint density at radius 2 is 2.46 bits per heavy atom. The van der Waals surface area contributed by atoms with E-state index in [1.165, 1.54) is 11.3 Å². The minimum Gasteiger partial charge on any atom is -0.449 e. The fraction of sp³-hybridized carbons (Fsp3) is 0. The fourth-order valence-electron chi connectivity index (χ4n) is 0.986. The van der Waals surface area contributed by atoms with E-state index in [4.69, 9.17) is 5.11 Å². The topological polar surface area (TPSA) is 59.4 Å². The number of carbonyl (C=O) groups is 1. The van der Waals surface area contributed by atoms with Crippen molar-refractivity contribution in [1.82, 2.24) is 4.98 Å². The molecular formula is C8H5NO3S. The van der Waals surface area contributed by atoms with Crippen molar-refractivity contribution in [3.8, 4) is 5.06 Å². The molecule has 0 atom stereocenters. The Balaban J connectivity index is 2.44. The molecular weight excluding hydrogens is 190 g/mol. The molecule has 0 unspecified atom stereocenters. The van der Waals surface area contributed by atoms with E-state index in [-0.39, 0.29) is 0 Å². The lowest BCUT2D eigenvalue weighted by atomic mass is 10.3. The van der Waals surface area contributed by atoms with Gasteiger partial charge < -0.3 is 9.84 Å². The van der Waals surface area contributed by atoms with Gasteiger partial charge in [-0.15, -0.1) is 0 Å². The van der Waals surface area contributed by atoms with Gasteiger partial charge in [0.15, 0.2) is 5.06 Å². The third-order valence-corrected chi connectivity index (χ3v) is 2.40. The van der Waals surface area contributed by atoms with Gasteiger partial charge in [0.1, 0.15) is 4.83 Å². The first-order chi connectivity index (χ1) is 6.25. The highest BCUT2D eigenvalue weighted by Gasteiger charge is 2.05. The average Bonchev–Trinajstić information content (AvgIpc) is 2.44. The van der Waals surface area contributed by atoms with E-state index in [0.717, 1.165) is 10.2 Å². The smallest absolute Gasteiger partial charge is 0.449 e. The molecule has 2 rings (SSSR count). The van der Waals surface area contributed by atoms with E-state index in [1.807, 2.05) is 6.07 Å². The quantitative estimate of drug-likeness (QED) is 0.709. The van der Waals surface area contributed by atoms with Crippen LogP contribution in [0.25, 0.3) is 10.2 Å². The van der Waals surface area contributed by atoms with Crippen LogP contribution >= 0.6 is 11.3 Å².